The van der Waals surface area contributed by atoms with Gasteiger partial charge in [-0.3, -0.25) is 9.69 Å². The van der Waals surface area contributed by atoms with Crippen molar-refractivity contribution in [1.29, 1.82) is 0 Å². The number of hydrogen-bond acceptors (Lipinski definition) is 5. The molecule has 7 heteroatoms. The molecule has 1 aliphatic carbocycles. The van der Waals surface area contributed by atoms with Crippen LogP contribution in [0.3, 0.4) is 0 Å². The van der Waals surface area contributed by atoms with Gasteiger partial charge in [-0.05, 0) is 24.3 Å². The van der Waals surface area contributed by atoms with E-state index >= 15 is 0 Å². The van der Waals surface area contributed by atoms with Crippen LogP contribution in [0.25, 0.3) is 0 Å². The zero-order valence-electron chi connectivity index (χ0n) is 16.7. The largest absolute Gasteiger partial charge is 0.495 e. The number of halogens is 1. The van der Waals surface area contributed by atoms with Crippen molar-refractivity contribution < 1.29 is 19.4 Å². The first kappa shape index (κ1) is 21.4. The molecule has 0 spiro atoms. The van der Waals surface area contributed by atoms with E-state index in [4.69, 9.17) is 21.1 Å². The molecule has 2 aromatic carbocycles. The average molecular weight is 419 g/mol. The van der Waals surface area contributed by atoms with Crippen LogP contribution in [0.5, 0.6) is 11.5 Å². The number of nitrogens with one attached hydrogen (secondary N) is 1. The number of ether oxygens (including phenoxy) is 2. The third-order valence-corrected chi connectivity index (χ3v) is 5.44. The monoisotopic (exact) mass is 418 g/mol. The van der Waals surface area contributed by atoms with Crippen molar-refractivity contribution in [3.05, 3.63) is 53.1 Å². The van der Waals surface area contributed by atoms with Gasteiger partial charge in [0.25, 0.3) is 0 Å². The summed E-state index contributed by atoms with van der Waals surface area (Å²) in [5, 5.41) is 13.2. The first-order valence-corrected chi connectivity index (χ1v) is 10.0. The summed E-state index contributed by atoms with van der Waals surface area (Å²) in [7, 11) is 3.03. The molecule has 0 heterocycles. The average Bonchev–Trinajstić information content (AvgIpc) is 3.55. The fourth-order valence-corrected chi connectivity index (χ4v) is 3.72. The summed E-state index contributed by atoms with van der Waals surface area (Å²) in [6.07, 6.45) is 2.17. The lowest BCUT2D eigenvalue weighted by atomic mass is 10.1. The zero-order chi connectivity index (χ0) is 20.8. The number of aliphatic hydroxyl groups is 1. The molecule has 2 N–H and O–H groups in total. The van der Waals surface area contributed by atoms with Crippen LogP contribution in [-0.2, 0) is 11.3 Å². The minimum absolute atomic E-state index is 0.0306. The van der Waals surface area contributed by atoms with E-state index in [1.165, 1.54) is 14.2 Å². The van der Waals surface area contributed by atoms with Gasteiger partial charge in [0.1, 0.15) is 11.5 Å². The minimum atomic E-state index is -0.192. The predicted octanol–water partition coefficient (Wildman–Crippen LogP) is 3.57. The first-order valence-electron chi connectivity index (χ1n) is 9.66. The fraction of sp³-hybridized carbons (Fsp3) is 0.409. The minimum Gasteiger partial charge on any atom is -0.495 e. The highest BCUT2D eigenvalue weighted by atomic mass is 35.5. The summed E-state index contributed by atoms with van der Waals surface area (Å²) in [6, 6.07) is 13.2. The van der Waals surface area contributed by atoms with E-state index in [-0.39, 0.29) is 25.1 Å². The molecule has 2 aromatic rings. The van der Waals surface area contributed by atoms with E-state index < -0.39 is 0 Å². The number of methoxy groups -OCH3 is 2. The van der Waals surface area contributed by atoms with Crippen LogP contribution < -0.4 is 14.8 Å². The summed E-state index contributed by atoms with van der Waals surface area (Å²) in [4.78, 5) is 14.9. The normalized spacial score (nSPS) is 14.5. The third-order valence-electron chi connectivity index (χ3n) is 5.15. The molecule has 1 saturated carbocycles. The zero-order valence-corrected chi connectivity index (χ0v) is 17.5. The number of aliphatic hydroxyl groups excluding tert-OH is 1. The van der Waals surface area contributed by atoms with Gasteiger partial charge in [0.2, 0.25) is 5.91 Å². The van der Waals surface area contributed by atoms with Gasteiger partial charge in [-0.15, -0.1) is 0 Å². The van der Waals surface area contributed by atoms with Gasteiger partial charge >= 0.3 is 0 Å². The summed E-state index contributed by atoms with van der Waals surface area (Å²) in [5.74, 6) is 1.15. The number of carbonyl (C=O) groups is 1. The van der Waals surface area contributed by atoms with Gasteiger partial charge < -0.3 is 19.9 Å². The summed E-state index contributed by atoms with van der Waals surface area (Å²) >= 11 is 6.14. The molecule has 1 aliphatic rings. The lowest BCUT2D eigenvalue weighted by Gasteiger charge is -2.30. The predicted molar refractivity (Wildman–Crippen MR) is 114 cm³/mol. The van der Waals surface area contributed by atoms with E-state index in [1.807, 2.05) is 35.2 Å². The Morgan fingerprint density at radius 1 is 1.21 bits per heavy atom. The van der Waals surface area contributed by atoms with E-state index in [1.54, 1.807) is 12.1 Å². The van der Waals surface area contributed by atoms with E-state index in [2.05, 4.69) is 5.32 Å². The molecule has 0 bridgehead atoms. The van der Waals surface area contributed by atoms with Crippen LogP contribution in [0.2, 0.25) is 5.02 Å². The molecule has 0 aliphatic heterocycles. The highest BCUT2D eigenvalue weighted by Crippen LogP contribution is 2.37. The molecule has 156 valence electrons. The van der Waals surface area contributed by atoms with Crippen LogP contribution in [0.15, 0.2) is 42.5 Å². The van der Waals surface area contributed by atoms with Gasteiger partial charge in [0.05, 0.1) is 38.1 Å². The molecule has 1 fully saturated rings. The standard InChI is InChI=1S/C22H27ClN2O4/c1-28-20-11-18(21(29-2)10-17(20)23)24-22(27)13-25(19(14-26)16-8-9-16)12-15-6-4-3-5-7-15/h3-7,10-11,16,19,26H,8-9,12-14H2,1-2H3,(H,24,27)/t19-/m0/s1. The molecule has 0 radical (unpaired) electrons. The molecule has 0 unspecified atom stereocenters. The van der Waals surface area contributed by atoms with E-state index in [0.29, 0.717) is 34.7 Å². The lowest BCUT2D eigenvalue weighted by Crippen LogP contribution is -2.43. The SMILES string of the molecule is COc1cc(NC(=O)CN(Cc2ccccc2)[C@@H](CO)C2CC2)c(OC)cc1Cl. The molecule has 1 atom stereocenters. The van der Waals surface area contributed by atoms with Crippen LogP contribution >= 0.6 is 11.6 Å². The van der Waals surface area contributed by atoms with Gasteiger partial charge in [0.15, 0.2) is 0 Å². The van der Waals surface area contributed by atoms with E-state index in [9.17, 15) is 9.90 Å². The molecule has 0 saturated heterocycles. The number of amides is 1. The Hall–Kier alpha value is -2.28. The Morgan fingerprint density at radius 2 is 1.90 bits per heavy atom. The lowest BCUT2D eigenvalue weighted by molar-refractivity contribution is -0.118. The Kier molecular flexibility index (Phi) is 7.36. The molecule has 29 heavy (non-hydrogen) atoms. The number of nitrogens with zero attached hydrogens (tertiary/aromatic N) is 1. The molecule has 3 rings (SSSR count). The van der Waals surface area contributed by atoms with Gasteiger partial charge in [-0.25, -0.2) is 0 Å². The summed E-state index contributed by atoms with van der Waals surface area (Å²) in [5.41, 5.74) is 1.59. The molecular formula is C22H27ClN2O4. The van der Waals surface area contributed by atoms with Gasteiger partial charge in [-0.2, -0.15) is 0 Å². The fourth-order valence-electron chi connectivity index (χ4n) is 3.48. The quantitative estimate of drug-likeness (QED) is 0.617. The second-order valence-corrected chi connectivity index (χ2v) is 7.62. The number of benzene rings is 2. The highest BCUT2D eigenvalue weighted by Gasteiger charge is 2.35. The maximum atomic E-state index is 12.9. The van der Waals surface area contributed by atoms with Crippen LogP contribution in [-0.4, -0.2) is 49.3 Å². The number of rotatable bonds is 10. The Bertz CT molecular complexity index is 827. The molecule has 1 amide bonds. The maximum absolute atomic E-state index is 12.9. The number of carbonyl (C=O) groups excluding carboxylic acids is 1. The van der Waals surface area contributed by atoms with Crippen molar-refractivity contribution in [2.75, 3.05) is 32.7 Å². The number of anilines is 1. The highest BCUT2D eigenvalue weighted by molar-refractivity contribution is 6.32. The molecular weight excluding hydrogens is 392 g/mol. The van der Waals surface area contributed by atoms with Crippen LogP contribution in [0.1, 0.15) is 18.4 Å². The third kappa shape index (κ3) is 5.63. The second-order valence-electron chi connectivity index (χ2n) is 7.21. The van der Waals surface area contributed by atoms with Crippen molar-refractivity contribution in [3.63, 3.8) is 0 Å². The van der Waals surface area contributed by atoms with Crippen LogP contribution in [0.4, 0.5) is 5.69 Å². The molecule has 6 nitrogen and oxygen atoms in total. The molecule has 0 aromatic heterocycles. The Balaban J connectivity index is 1.76. The van der Waals surface area contributed by atoms with Crippen molar-refractivity contribution >= 4 is 23.2 Å². The summed E-state index contributed by atoms with van der Waals surface area (Å²) < 4.78 is 10.6. The van der Waals surface area contributed by atoms with Gasteiger partial charge in [0, 0.05) is 24.7 Å². The Labute approximate surface area is 176 Å². The van der Waals surface area contributed by atoms with E-state index in [0.717, 1.165) is 18.4 Å². The van der Waals surface area contributed by atoms with Crippen molar-refractivity contribution in [1.82, 2.24) is 4.90 Å². The first-order chi connectivity index (χ1) is 14.0. The van der Waals surface area contributed by atoms with Crippen molar-refractivity contribution in [2.24, 2.45) is 5.92 Å². The Morgan fingerprint density at radius 3 is 2.48 bits per heavy atom. The van der Waals surface area contributed by atoms with Gasteiger partial charge in [-0.1, -0.05) is 41.9 Å². The van der Waals surface area contributed by atoms with Crippen molar-refractivity contribution in [3.8, 4) is 11.5 Å². The smallest absolute Gasteiger partial charge is 0.238 e. The summed E-state index contributed by atoms with van der Waals surface area (Å²) in [6.45, 7) is 0.782. The topological polar surface area (TPSA) is 71.0 Å². The van der Waals surface area contributed by atoms with Crippen LogP contribution in [0, 0.1) is 5.92 Å². The maximum Gasteiger partial charge on any atom is 0.238 e. The number of hydrogen-bond donors (Lipinski definition) is 2. The van der Waals surface area contributed by atoms with Crippen molar-refractivity contribution in [2.45, 2.75) is 25.4 Å². The second kappa shape index (κ2) is 9.96.